The van der Waals surface area contributed by atoms with Crippen LogP contribution >= 0.6 is 0 Å². The minimum atomic E-state index is -1.23. The minimum absolute atomic E-state index is 0.0909. The average Bonchev–Trinajstić information content (AvgIpc) is 2.12. The number of rotatable bonds is 8. The smallest absolute Gasteiger partial charge is 0.305 e. The average molecular weight is 261 g/mol. The molecular formula is C12H23NO5. The molecule has 0 aromatic rings. The Kier molecular flexibility index (Phi) is 6.28. The van der Waals surface area contributed by atoms with Crippen molar-refractivity contribution in [1.82, 2.24) is 5.32 Å². The van der Waals surface area contributed by atoms with E-state index in [-0.39, 0.29) is 31.9 Å². The molecule has 0 radical (unpaired) electrons. The van der Waals surface area contributed by atoms with Gasteiger partial charge in [0.25, 0.3) is 0 Å². The van der Waals surface area contributed by atoms with Crippen LogP contribution in [0.5, 0.6) is 0 Å². The number of hydrogen-bond acceptors (Lipinski definition) is 4. The van der Waals surface area contributed by atoms with Crippen molar-refractivity contribution < 1.29 is 24.5 Å². The molecule has 0 bridgehead atoms. The van der Waals surface area contributed by atoms with Crippen LogP contribution < -0.4 is 5.32 Å². The Morgan fingerprint density at radius 1 is 1.22 bits per heavy atom. The van der Waals surface area contributed by atoms with E-state index in [0.717, 1.165) is 0 Å². The second-order valence-electron chi connectivity index (χ2n) is 5.57. The molecule has 0 aromatic carbocycles. The Morgan fingerprint density at radius 2 is 1.78 bits per heavy atom. The molecule has 0 aromatic heterocycles. The first-order chi connectivity index (χ1) is 8.02. The highest BCUT2D eigenvalue weighted by Crippen LogP contribution is 2.22. The van der Waals surface area contributed by atoms with Gasteiger partial charge in [-0.15, -0.1) is 0 Å². The van der Waals surface area contributed by atoms with Crippen LogP contribution in [0, 0.1) is 5.41 Å². The maximum atomic E-state index is 11.5. The third kappa shape index (κ3) is 10.0. The maximum absolute atomic E-state index is 11.5. The van der Waals surface area contributed by atoms with Crippen molar-refractivity contribution in [3.05, 3.63) is 0 Å². The summed E-state index contributed by atoms with van der Waals surface area (Å²) >= 11 is 0. The first kappa shape index (κ1) is 16.9. The molecule has 6 nitrogen and oxygen atoms in total. The van der Waals surface area contributed by atoms with Crippen molar-refractivity contribution in [2.45, 2.75) is 46.3 Å². The summed E-state index contributed by atoms with van der Waals surface area (Å²) in [6, 6.07) is 0. The van der Waals surface area contributed by atoms with Crippen molar-refractivity contribution in [2.75, 3.05) is 13.2 Å². The predicted molar refractivity (Wildman–Crippen MR) is 65.9 cm³/mol. The van der Waals surface area contributed by atoms with Crippen molar-refractivity contribution in [1.29, 1.82) is 0 Å². The fourth-order valence-electron chi connectivity index (χ4n) is 1.23. The largest absolute Gasteiger partial charge is 0.481 e. The molecular weight excluding hydrogens is 238 g/mol. The number of amides is 1. The van der Waals surface area contributed by atoms with Gasteiger partial charge in [-0.25, -0.2) is 0 Å². The van der Waals surface area contributed by atoms with Crippen molar-refractivity contribution in [3.63, 3.8) is 0 Å². The number of ether oxygens (including phenoxy) is 1. The van der Waals surface area contributed by atoms with Crippen LogP contribution in [0.15, 0.2) is 0 Å². The number of hydrogen-bond donors (Lipinski definition) is 3. The first-order valence-corrected chi connectivity index (χ1v) is 5.87. The van der Waals surface area contributed by atoms with E-state index in [4.69, 9.17) is 9.84 Å². The number of aliphatic carboxylic acids is 1. The van der Waals surface area contributed by atoms with Crippen LogP contribution in [0.4, 0.5) is 0 Å². The maximum Gasteiger partial charge on any atom is 0.305 e. The molecule has 0 aliphatic heterocycles. The van der Waals surface area contributed by atoms with E-state index >= 15 is 0 Å². The molecule has 0 atom stereocenters. The zero-order valence-corrected chi connectivity index (χ0v) is 11.4. The molecule has 0 saturated carbocycles. The van der Waals surface area contributed by atoms with Gasteiger partial charge in [0, 0.05) is 13.0 Å². The van der Waals surface area contributed by atoms with Crippen molar-refractivity contribution in [3.8, 4) is 0 Å². The van der Waals surface area contributed by atoms with E-state index in [1.807, 2.05) is 13.8 Å². The number of carboxylic acids is 1. The van der Waals surface area contributed by atoms with E-state index < -0.39 is 17.2 Å². The molecule has 18 heavy (non-hydrogen) atoms. The van der Waals surface area contributed by atoms with Gasteiger partial charge in [-0.1, -0.05) is 13.8 Å². The lowest BCUT2D eigenvalue weighted by Gasteiger charge is -2.28. The van der Waals surface area contributed by atoms with Gasteiger partial charge in [0.2, 0.25) is 5.91 Å². The molecule has 0 spiro atoms. The summed E-state index contributed by atoms with van der Waals surface area (Å²) in [5.41, 5.74) is -0.423. The number of carbonyl (C=O) groups is 2. The van der Waals surface area contributed by atoms with Gasteiger partial charge in [0.05, 0.1) is 13.0 Å². The van der Waals surface area contributed by atoms with E-state index in [0.29, 0.717) is 0 Å². The van der Waals surface area contributed by atoms with Gasteiger partial charge >= 0.3 is 5.97 Å². The molecule has 0 unspecified atom stereocenters. The third-order valence-corrected chi connectivity index (χ3v) is 2.12. The van der Waals surface area contributed by atoms with Gasteiger partial charge in [-0.3, -0.25) is 9.59 Å². The molecule has 3 N–H and O–H groups in total. The molecule has 6 heteroatoms. The lowest BCUT2D eigenvalue weighted by Crippen LogP contribution is -2.35. The normalized spacial score (nSPS) is 12.3. The highest BCUT2D eigenvalue weighted by molar-refractivity contribution is 5.77. The predicted octanol–water partition coefficient (Wildman–Crippen LogP) is 0.739. The zero-order chi connectivity index (χ0) is 14.4. The standard InChI is InChI=1S/C12H23NO5/c1-11(2,8-18-12(3,4)17)7-9(14)13-6-5-10(15)16/h17H,5-8H2,1-4H3,(H,13,14)(H,15,16). The Labute approximate surface area is 107 Å². The van der Waals surface area contributed by atoms with Crippen LogP contribution in [0.25, 0.3) is 0 Å². The fraction of sp³-hybridized carbons (Fsp3) is 0.833. The molecule has 0 saturated heterocycles. The molecule has 0 heterocycles. The van der Waals surface area contributed by atoms with Gasteiger partial charge < -0.3 is 20.3 Å². The van der Waals surface area contributed by atoms with E-state index in [2.05, 4.69) is 5.32 Å². The van der Waals surface area contributed by atoms with Crippen LogP contribution in [-0.4, -0.2) is 41.0 Å². The number of aliphatic hydroxyl groups is 1. The zero-order valence-electron chi connectivity index (χ0n) is 11.4. The minimum Gasteiger partial charge on any atom is -0.481 e. The lowest BCUT2D eigenvalue weighted by molar-refractivity contribution is -0.192. The Hall–Kier alpha value is -1.14. The Balaban J connectivity index is 3.99. The van der Waals surface area contributed by atoms with Crippen LogP contribution in [0.3, 0.4) is 0 Å². The first-order valence-electron chi connectivity index (χ1n) is 5.87. The second kappa shape index (κ2) is 6.70. The van der Waals surface area contributed by atoms with Gasteiger partial charge in [-0.05, 0) is 19.3 Å². The van der Waals surface area contributed by atoms with Gasteiger partial charge in [0.15, 0.2) is 5.79 Å². The highest BCUT2D eigenvalue weighted by Gasteiger charge is 2.25. The molecule has 1 amide bonds. The fourth-order valence-corrected chi connectivity index (χ4v) is 1.23. The molecule has 0 rings (SSSR count). The van der Waals surface area contributed by atoms with Crippen LogP contribution in [0.2, 0.25) is 0 Å². The van der Waals surface area contributed by atoms with Crippen LogP contribution in [0.1, 0.15) is 40.5 Å². The van der Waals surface area contributed by atoms with Gasteiger partial charge in [0.1, 0.15) is 0 Å². The number of nitrogens with one attached hydrogen (secondary N) is 1. The molecule has 0 fully saturated rings. The van der Waals surface area contributed by atoms with E-state index in [9.17, 15) is 14.7 Å². The van der Waals surface area contributed by atoms with E-state index in [1.165, 1.54) is 13.8 Å². The summed E-state index contributed by atoms with van der Waals surface area (Å²) in [6.45, 7) is 7.09. The number of carboxylic acid groups (broad SMARTS) is 1. The summed E-state index contributed by atoms with van der Waals surface area (Å²) in [5, 5.41) is 20.4. The molecule has 0 aliphatic carbocycles. The van der Waals surface area contributed by atoms with Crippen molar-refractivity contribution in [2.24, 2.45) is 5.41 Å². The van der Waals surface area contributed by atoms with Gasteiger partial charge in [-0.2, -0.15) is 0 Å². The summed E-state index contributed by atoms with van der Waals surface area (Å²) in [4.78, 5) is 21.8. The Morgan fingerprint density at radius 3 is 2.22 bits per heavy atom. The SMILES string of the molecule is CC(C)(COC(C)(C)O)CC(=O)NCCC(=O)O. The van der Waals surface area contributed by atoms with Crippen molar-refractivity contribution >= 4 is 11.9 Å². The summed E-state index contributed by atoms with van der Waals surface area (Å²) in [5.74, 6) is -2.39. The summed E-state index contributed by atoms with van der Waals surface area (Å²) in [7, 11) is 0. The number of carbonyl (C=O) groups excluding carboxylic acids is 1. The highest BCUT2D eigenvalue weighted by atomic mass is 16.6. The molecule has 106 valence electrons. The lowest BCUT2D eigenvalue weighted by atomic mass is 9.90. The third-order valence-electron chi connectivity index (χ3n) is 2.12. The van der Waals surface area contributed by atoms with E-state index in [1.54, 1.807) is 0 Å². The topological polar surface area (TPSA) is 95.9 Å². The summed E-state index contributed by atoms with van der Waals surface area (Å²) < 4.78 is 5.22. The quantitative estimate of drug-likeness (QED) is 0.560. The van der Waals surface area contributed by atoms with Crippen LogP contribution in [-0.2, 0) is 14.3 Å². The Bertz CT molecular complexity index is 293. The summed E-state index contributed by atoms with van der Waals surface area (Å²) in [6.07, 6.45) is 0.120. The molecule has 0 aliphatic rings. The second-order valence-corrected chi connectivity index (χ2v) is 5.57. The monoisotopic (exact) mass is 261 g/mol.